The van der Waals surface area contributed by atoms with E-state index < -0.39 is 5.97 Å². The molecule has 2 aromatic rings. The van der Waals surface area contributed by atoms with Crippen LogP contribution in [-0.4, -0.2) is 25.1 Å². The van der Waals surface area contributed by atoms with Crippen LogP contribution in [0.5, 0.6) is 5.75 Å². The third-order valence-electron chi connectivity index (χ3n) is 3.79. The smallest absolute Gasteiger partial charge is 0.348 e. The zero-order valence-corrected chi connectivity index (χ0v) is 17.7. The standard InChI is InChI=1S/C20H22N2O4S2/c1-4-6-10-26-15-9-7-8-14(11-15)18(23)22-19-16(27-12-21)13(3)17(28-19)20(24)25-5-2/h7-9,11H,4-6,10H2,1-3H3,(H,22,23). The summed E-state index contributed by atoms with van der Waals surface area (Å²) in [6.07, 6.45) is 1.97. The first-order chi connectivity index (χ1) is 13.5. The molecule has 6 nitrogen and oxygen atoms in total. The summed E-state index contributed by atoms with van der Waals surface area (Å²) in [5.41, 5.74) is 1.06. The van der Waals surface area contributed by atoms with Crippen molar-refractivity contribution in [2.45, 2.75) is 38.5 Å². The summed E-state index contributed by atoms with van der Waals surface area (Å²) < 4.78 is 10.7. The lowest BCUT2D eigenvalue weighted by Gasteiger charge is -2.08. The molecule has 0 aliphatic heterocycles. The summed E-state index contributed by atoms with van der Waals surface area (Å²) in [7, 11) is 0. The lowest BCUT2D eigenvalue weighted by atomic mass is 10.2. The Labute approximate surface area is 172 Å². The number of benzene rings is 1. The number of thiocyanates is 1. The largest absolute Gasteiger partial charge is 0.494 e. The van der Waals surface area contributed by atoms with E-state index in [0.29, 0.717) is 38.3 Å². The van der Waals surface area contributed by atoms with E-state index in [-0.39, 0.29) is 12.5 Å². The van der Waals surface area contributed by atoms with Crippen molar-refractivity contribution >= 4 is 40.0 Å². The fourth-order valence-electron chi connectivity index (χ4n) is 2.38. The highest BCUT2D eigenvalue weighted by Crippen LogP contribution is 2.40. The number of carbonyl (C=O) groups is 2. The van der Waals surface area contributed by atoms with Crippen LogP contribution in [0.25, 0.3) is 0 Å². The highest BCUT2D eigenvalue weighted by Gasteiger charge is 2.23. The molecular weight excluding hydrogens is 396 g/mol. The van der Waals surface area contributed by atoms with Gasteiger partial charge in [-0.15, -0.1) is 11.3 Å². The van der Waals surface area contributed by atoms with Crippen molar-refractivity contribution in [3.8, 4) is 11.2 Å². The van der Waals surface area contributed by atoms with Crippen molar-refractivity contribution in [3.05, 3.63) is 40.3 Å². The Morgan fingerprint density at radius 2 is 2.11 bits per heavy atom. The second-order valence-corrected chi connectivity index (χ2v) is 7.63. The fraction of sp³-hybridized carbons (Fsp3) is 0.350. The minimum Gasteiger partial charge on any atom is -0.494 e. The topological polar surface area (TPSA) is 88.4 Å². The summed E-state index contributed by atoms with van der Waals surface area (Å²) in [6.45, 7) is 6.39. The van der Waals surface area contributed by atoms with E-state index in [9.17, 15) is 9.59 Å². The summed E-state index contributed by atoms with van der Waals surface area (Å²) in [4.78, 5) is 25.8. The molecular formula is C20H22N2O4S2. The van der Waals surface area contributed by atoms with Crippen molar-refractivity contribution in [3.63, 3.8) is 0 Å². The highest BCUT2D eigenvalue weighted by atomic mass is 32.2. The number of ether oxygens (including phenoxy) is 2. The lowest BCUT2D eigenvalue weighted by Crippen LogP contribution is -2.11. The average molecular weight is 419 g/mol. The van der Waals surface area contributed by atoms with Gasteiger partial charge < -0.3 is 14.8 Å². The maximum absolute atomic E-state index is 12.7. The zero-order valence-electron chi connectivity index (χ0n) is 16.0. The normalized spacial score (nSPS) is 10.2. The van der Waals surface area contributed by atoms with Crippen LogP contribution in [0.3, 0.4) is 0 Å². The van der Waals surface area contributed by atoms with Gasteiger partial charge in [0, 0.05) is 5.56 Å². The van der Waals surface area contributed by atoms with E-state index in [1.165, 1.54) is 0 Å². The van der Waals surface area contributed by atoms with Gasteiger partial charge in [0.15, 0.2) is 0 Å². The van der Waals surface area contributed by atoms with Crippen molar-refractivity contribution in [1.29, 1.82) is 5.26 Å². The van der Waals surface area contributed by atoms with Gasteiger partial charge in [0.25, 0.3) is 5.91 Å². The minimum absolute atomic E-state index is 0.253. The van der Waals surface area contributed by atoms with Gasteiger partial charge in [-0.05, 0) is 55.8 Å². The number of unbranched alkanes of at least 4 members (excludes halogenated alkanes) is 1. The van der Waals surface area contributed by atoms with Crippen molar-refractivity contribution in [2.75, 3.05) is 18.5 Å². The van der Waals surface area contributed by atoms with E-state index >= 15 is 0 Å². The molecule has 1 aromatic carbocycles. The number of nitrogens with one attached hydrogen (secondary N) is 1. The van der Waals surface area contributed by atoms with E-state index in [2.05, 4.69) is 12.2 Å². The van der Waals surface area contributed by atoms with Crippen LogP contribution in [-0.2, 0) is 4.74 Å². The van der Waals surface area contributed by atoms with Gasteiger partial charge in [0.1, 0.15) is 21.0 Å². The number of anilines is 1. The molecule has 0 aliphatic carbocycles. The highest BCUT2D eigenvalue weighted by molar-refractivity contribution is 8.04. The number of hydrogen-bond donors (Lipinski definition) is 1. The number of thioether (sulfide) groups is 1. The summed E-state index contributed by atoms with van der Waals surface area (Å²) in [6, 6.07) is 6.92. The van der Waals surface area contributed by atoms with Gasteiger partial charge in [-0.3, -0.25) is 4.79 Å². The van der Waals surface area contributed by atoms with Crippen molar-refractivity contribution in [1.82, 2.24) is 0 Å². The average Bonchev–Trinajstić information content (AvgIpc) is 2.99. The third kappa shape index (κ3) is 5.50. The Bertz CT molecular complexity index is 887. The molecule has 0 unspecified atom stereocenters. The quantitative estimate of drug-likeness (QED) is 0.259. The number of amides is 1. The second-order valence-electron chi connectivity index (χ2n) is 5.81. The van der Waals surface area contributed by atoms with Crippen molar-refractivity contribution < 1.29 is 19.1 Å². The monoisotopic (exact) mass is 418 g/mol. The molecule has 0 spiro atoms. The summed E-state index contributed by atoms with van der Waals surface area (Å²) in [5, 5.41) is 14.3. The van der Waals surface area contributed by atoms with E-state index in [4.69, 9.17) is 14.7 Å². The Balaban J connectivity index is 2.23. The zero-order chi connectivity index (χ0) is 20.5. The third-order valence-corrected chi connectivity index (χ3v) is 5.91. The molecule has 2 rings (SSSR count). The van der Waals surface area contributed by atoms with Crippen LogP contribution in [0.1, 0.15) is 52.3 Å². The molecule has 28 heavy (non-hydrogen) atoms. The predicted octanol–water partition coefficient (Wildman–Crippen LogP) is 5.24. The Kier molecular flexibility index (Phi) is 8.36. The molecule has 0 saturated heterocycles. The Hall–Kier alpha value is -2.50. The number of esters is 1. The summed E-state index contributed by atoms with van der Waals surface area (Å²) in [5.74, 6) is -0.170. The lowest BCUT2D eigenvalue weighted by molar-refractivity contribution is 0.0531. The van der Waals surface area contributed by atoms with Crippen LogP contribution in [0.2, 0.25) is 0 Å². The molecule has 0 saturated carbocycles. The molecule has 1 N–H and O–H groups in total. The SMILES string of the molecule is CCCCOc1cccc(C(=O)Nc2sc(C(=O)OCC)c(C)c2SC#N)c1. The van der Waals surface area contributed by atoms with Crippen molar-refractivity contribution in [2.24, 2.45) is 0 Å². The molecule has 0 radical (unpaired) electrons. The Morgan fingerprint density at radius 3 is 2.79 bits per heavy atom. The van der Waals surface area contributed by atoms with Gasteiger partial charge in [-0.25, -0.2) is 4.79 Å². The molecule has 1 heterocycles. The fourth-order valence-corrected chi connectivity index (χ4v) is 4.17. The van der Waals surface area contributed by atoms with Crippen LogP contribution in [0, 0.1) is 17.6 Å². The number of nitrogens with zero attached hydrogens (tertiary/aromatic N) is 1. The number of carbonyl (C=O) groups excluding carboxylic acids is 2. The van der Waals surface area contributed by atoms with Crippen LogP contribution in [0.4, 0.5) is 5.00 Å². The molecule has 148 valence electrons. The molecule has 1 amide bonds. The molecule has 0 aliphatic rings. The van der Waals surface area contributed by atoms with Gasteiger partial charge >= 0.3 is 5.97 Å². The van der Waals surface area contributed by atoms with Gasteiger partial charge in [0.05, 0.1) is 18.1 Å². The summed E-state index contributed by atoms with van der Waals surface area (Å²) >= 11 is 2.02. The minimum atomic E-state index is -0.461. The number of rotatable bonds is 9. The molecule has 0 bridgehead atoms. The predicted molar refractivity (Wildman–Crippen MR) is 111 cm³/mol. The maximum atomic E-state index is 12.7. The maximum Gasteiger partial charge on any atom is 0.348 e. The van der Waals surface area contributed by atoms with Gasteiger partial charge in [-0.2, -0.15) is 5.26 Å². The number of thiophene rings is 1. The molecule has 0 fully saturated rings. The van der Waals surface area contributed by atoms with Crippen LogP contribution >= 0.6 is 23.1 Å². The molecule has 8 heteroatoms. The van der Waals surface area contributed by atoms with Gasteiger partial charge in [0.2, 0.25) is 0 Å². The van der Waals surface area contributed by atoms with E-state index in [1.807, 2.05) is 5.40 Å². The van der Waals surface area contributed by atoms with Crippen LogP contribution in [0.15, 0.2) is 29.2 Å². The molecule has 0 atom stereocenters. The van der Waals surface area contributed by atoms with E-state index in [0.717, 1.165) is 35.9 Å². The number of hydrogen-bond acceptors (Lipinski definition) is 7. The van der Waals surface area contributed by atoms with Crippen LogP contribution < -0.4 is 10.1 Å². The first kappa shape index (κ1) is 21.8. The van der Waals surface area contributed by atoms with Gasteiger partial charge in [-0.1, -0.05) is 19.4 Å². The molecule has 1 aromatic heterocycles. The number of nitriles is 1. The first-order valence-corrected chi connectivity index (χ1v) is 10.6. The first-order valence-electron chi connectivity index (χ1n) is 8.92. The van der Waals surface area contributed by atoms with E-state index in [1.54, 1.807) is 38.1 Å². The second kappa shape index (κ2) is 10.7. The Morgan fingerprint density at radius 1 is 1.32 bits per heavy atom.